The molecule has 0 aliphatic heterocycles. The van der Waals surface area contributed by atoms with Gasteiger partial charge in [0.25, 0.3) is 0 Å². The van der Waals surface area contributed by atoms with Gasteiger partial charge in [-0.05, 0) is 97.5 Å². The van der Waals surface area contributed by atoms with Gasteiger partial charge in [0, 0.05) is 40.4 Å². The zero-order valence-corrected chi connectivity index (χ0v) is 35.3. The number of aryl methyl sites for hydroxylation is 1. The van der Waals surface area contributed by atoms with E-state index in [-0.39, 0.29) is 21.1 Å². The number of aromatic nitrogens is 4. The van der Waals surface area contributed by atoms with E-state index in [0.29, 0.717) is 47.0 Å². The van der Waals surface area contributed by atoms with Crippen LogP contribution in [-0.4, -0.2) is 19.3 Å². The van der Waals surface area contributed by atoms with Gasteiger partial charge in [-0.1, -0.05) is 90.8 Å². The SMILES string of the molecule is Cc1nn(-c2[c-]c(Oc3[c-]c4c(cc3)c3ccccc3n4-c3cc(CC(C)C)ccn3)cc(C(C)C)c2)c(C)c1C1C(C(C)C)=CCC[C@@H]1C(C)C.[Pt+2]. The van der Waals surface area contributed by atoms with Gasteiger partial charge in [-0.2, -0.15) is 11.2 Å². The minimum Gasteiger partial charge on any atom is -0.509 e. The van der Waals surface area contributed by atoms with Gasteiger partial charge in [-0.25, -0.2) is 4.98 Å². The van der Waals surface area contributed by atoms with Crippen LogP contribution in [0.4, 0.5) is 0 Å². The van der Waals surface area contributed by atoms with Crippen LogP contribution >= 0.6 is 0 Å². The molecular weight excluding hydrogens is 832 g/mol. The molecule has 0 saturated carbocycles. The molecule has 6 heteroatoms. The van der Waals surface area contributed by atoms with Crippen LogP contribution in [0.3, 0.4) is 0 Å². The summed E-state index contributed by atoms with van der Waals surface area (Å²) in [4.78, 5) is 4.84. The van der Waals surface area contributed by atoms with Gasteiger partial charge in [-0.3, -0.25) is 4.68 Å². The van der Waals surface area contributed by atoms with Gasteiger partial charge < -0.3 is 9.30 Å². The molecule has 0 N–H and O–H groups in total. The molecular formula is C47H54N4OPt. The summed E-state index contributed by atoms with van der Waals surface area (Å²) in [6, 6.07) is 28.6. The van der Waals surface area contributed by atoms with E-state index in [0.717, 1.165) is 46.5 Å². The fraction of sp³-hybridized carbons (Fsp3) is 0.404. The van der Waals surface area contributed by atoms with Crippen LogP contribution in [0.25, 0.3) is 33.3 Å². The minimum atomic E-state index is 0. The first-order valence-electron chi connectivity index (χ1n) is 19.3. The maximum atomic E-state index is 6.70. The molecule has 0 amide bonds. The number of hydrogen-bond acceptors (Lipinski definition) is 3. The van der Waals surface area contributed by atoms with Crippen molar-refractivity contribution in [3.63, 3.8) is 0 Å². The summed E-state index contributed by atoms with van der Waals surface area (Å²) in [6.45, 7) is 22.8. The van der Waals surface area contributed by atoms with Crippen molar-refractivity contribution in [3.8, 4) is 23.0 Å². The predicted molar refractivity (Wildman–Crippen MR) is 215 cm³/mol. The number of allylic oxidation sites excluding steroid dienone is 2. The monoisotopic (exact) mass is 885 g/mol. The van der Waals surface area contributed by atoms with Crippen molar-refractivity contribution in [1.82, 2.24) is 19.3 Å². The second kappa shape index (κ2) is 15.8. The van der Waals surface area contributed by atoms with Gasteiger partial charge >= 0.3 is 21.1 Å². The van der Waals surface area contributed by atoms with Crippen molar-refractivity contribution in [2.75, 3.05) is 0 Å². The Balaban J connectivity index is 0.00000481. The molecule has 5 nitrogen and oxygen atoms in total. The van der Waals surface area contributed by atoms with Crippen LogP contribution in [0.15, 0.2) is 78.5 Å². The molecule has 1 unspecified atom stereocenters. The molecule has 0 saturated heterocycles. The molecule has 6 aromatic rings. The predicted octanol–water partition coefficient (Wildman–Crippen LogP) is 12.4. The number of nitrogens with zero attached hydrogens (tertiary/aromatic N) is 4. The number of rotatable bonds is 10. The molecule has 278 valence electrons. The Bertz CT molecular complexity index is 2270. The number of pyridine rings is 1. The number of hydrogen-bond donors (Lipinski definition) is 0. The van der Waals surface area contributed by atoms with E-state index in [1.54, 1.807) is 5.57 Å². The fourth-order valence-electron chi connectivity index (χ4n) is 8.54. The van der Waals surface area contributed by atoms with Gasteiger partial charge in [0.15, 0.2) is 0 Å². The van der Waals surface area contributed by atoms with Crippen molar-refractivity contribution >= 4 is 21.8 Å². The molecule has 7 rings (SSSR count). The van der Waals surface area contributed by atoms with Crippen molar-refractivity contribution in [2.45, 2.75) is 100 Å². The topological polar surface area (TPSA) is 44.9 Å². The average molecular weight is 886 g/mol. The second-order valence-electron chi connectivity index (χ2n) is 16.3. The second-order valence-corrected chi connectivity index (χ2v) is 16.3. The van der Waals surface area contributed by atoms with E-state index in [2.05, 4.69) is 151 Å². The Labute approximate surface area is 331 Å². The molecule has 0 radical (unpaired) electrons. The smallest absolute Gasteiger partial charge is 0.509 e. The van der Waals surface area contributed by atoms with E-state index in [1.807, 2.05) is 12.3 Å². The quantitative estimate of drug-likeness (QED) is 0.102. The van der Waals surface area contributed by atoms with Crippen LogP contribution in [-0.2, 0) is 27.5 Å². The summed E-state index contributed by atoms with van der Waals surface area (Å²) in [5, 5.41) is 7.50. The Morgan fingerprint density at radius 1 is 0.849 bits per heavy atom. The average Bonchev–Trinajstić information content (AvgIpc) is 3.59. The molecule has 3 heterocycles. The number of para-hydroxylation sites is 1. The molecule has 3 aromatic heterocycles. The number of benzene rings is 3. The Morgan fingerprint density at radius 2 is 1.62 bits per heavy atom. The largest absolute Gasteiger partial charge is 2.00 e. The maximum absolute atomic E-state index is 6.70. The van der Waals surface area contributed by atoms with E-state index in [4.69, 9.17) is 14.8 Å². The first-order chi connectivity index (χ1) is 24.9. The summed E-state index contributed by atoms with van der Waals surface area (Å²) in [5.41, 5.74) is 10.6. The van der Waals surface area contributed by atoms with Crippen LogP contribution in [0.5, 0.6) is 11.5 Å². The molecule has 0 bridgehead atoms. The van der Waals surface area contributed by atoms with Gasteiger partial charge in [-0.15, -0.1) is 41.3 Å². The van der Waals surface area contributed by atoms with E-state index < -0.39 is 0 Å². The first kappa shape index (κ1) is 38.8. The van der Waals surface area contributed by atoms with Crippen molar-refractivity contribution < 1.29 is 25.8 Å². The van der Waals surface area contributed by atoms with Gasteiger partial charge in [0.2, 0.25) is 0 Å². The third kappa shape index (κ3) is 7.57. The number of ether oxygens (including phenoxy) is 1. The molecule has 0 spiro atoms. The zero-order chi connectivity index (χ0) is 36.8. The summed E-state index contributed by atoms with van der Waals surface area (Å²) in [7, 11) is 0. The molecule has 2 atom stereocenters. The van der Waals surface area contributed by atoms with Gasteiger partial charge in [0.1, 0.15) is 5.82 Å². The Kier molecular flexibility index (Phi) is 11.6. The molecule has 53 heavy (non-hydrogen) atoms. The van der Waals surface area contributed by atoms with Crippen molar-refractivity contribution in [3.05, 3.63) is 119 Å². The Hall–Kier alpha value is -3.95. The molecule has 1 aliphatic carbocycles. The summed E-state index contributed by atoms with van der Waals surface area (Å²) < 4.78 is 11.0. The van der Waals surface area contributed by atoms with Crippen LogP contribution in [0, 0.1) is 49.7 Å². The van der Waals surface area contributed by atoms with E-state index in [9.17, 15) is 0 Å². The van der Waals surface area contributed by atoms with Crippen LogP contribution < -0.4 is 4.74 Å². The molecule has 0 fully saturated rings. The van der Waals surface area contributed by atoms with Crippen LogP contribution in [0.2, 0.25) is 0 Å². The van der Waals surface area contributed by atoms with Crippen LogP contribution in [0.1, 0.15) is 108 Å². The summed E-state index contributed by atoms with van der Waals surface area (Å²) >= 11 is 0. The third-order valence-corrected chi connectivity index (χ3v) is 11.1. The fourth-order valence-corrected chi connectivity index (χ4v) is 8.54. The molecule has 1 aliphatic rings. The number of fused-ring (bicyclic) bond motifs is 3. The van der Waals surface area contributed by atoms with E-state index in [1.165, 1.54) is 34.2 Å². The third-order valence-electron chi connectivity index (χ3n) is 11.1. The van der Waals surface area contributed by atoms with Crippen molar-refractivity contribution in [2.24, 2.45) is 23.7 Å². The Morgan fingerprint density at radius 3 is 2.34 bits per heavy atom. The standard InChI is InChI=1S/C47H54N4O.Pt/c1-28(2)22-34-20-21-48-45(23-34)50-43-17-12-11-14-41(43)42-19-18-37(27-44(42)50)52-38-25-35(29(3)4)24-36(26-38)51-33(10)46(32(9)49-51)47-39(30(5)6)15-13-16-40(47)31(7)8;/h11-12,14-15,17-21,23-25,28-31,40,47H,13,16,22H2,1-10H3;/q-2;+2/t40-,47?;/m1./s1. The van der Waals surface area contributed by atoms with Gasteiger partial charge in [0.05, 0.1) is 5.69 Å². The van der Waals surface area contributed by atoms with Crippen molar-refractivity contribution in [1.29, 1.82) is 0 Å². The zero-order valence-electron chi connectivity index (χ0n) is 33.0. The maximum Gasteiger partial charge on any atom is 2.00 e. The summed E-state index contributed by atoms with van der Waals surface area (Å²) in [6.07, 6.45) is 7.81. The summed E-state index contributed by atoms with van der Waals surface area (Å²) in [5.74, 6) is 5.10. The normalized spacial score (nSPS) is 16.3. The minimum absolute atomic E-state index is 0. The van der Waals surface area contributed by atoms with E-state index >= 15 is 0 Å². The first-order valence-corrected chi connectivity index (χ1v) is 19.3. The molecule has 3 aromatic carbocycles.